The number of rotatable bonds is 5. The van der Waals surface area contributed by atoms with Gasteiger partial charge in [-0.25, -0.2) is 9.97 Å². The highest BCUT2D eigenvalue weighted by Gasteiger charge is 2.37. The van der Waals surface area contributed by atoms with E-state index in [0.717, 1.165) is 36.2 Å². The number of carbonyl (C=O) groups excluding carboxylic acids is 2. The molecule has 8 heteroatoms. The molecule has 2 amide bonds. The number of benzene rings is 1. The predicted molar refractivity (Wildman–Crippen MR) is 124 cm³/mol. The minimum absolute atomic E-state index is 0.0399. The summed E-state index contributed by atoms with van der Waals surface area (Å²) in [5.74, 6) is 1.34. The van der Waals surface area contributed by atoms with Crippen LogP contribution in [0, 0.1) is 13.8 Å². The smallest absolute Gasteiger partial charge is 0.257 e. The molecule has 0 N–H and O–H groups in total. The number of likely N-dealkylation sites (tertiary alicyclic amines) is 1. The topological polar surface area (TPSA) is 84.2 Å². The minimum Gasteiger partial charge on any atom is -0.328 e. The van der Waals surface area contributed by atoms with Crippen molar-refractivity contribution >= 4 is 17.6 Å². The van der Waals surface area contributed by atoms with Gasteiger partial charge in [0.25, 0.3) is 5.91 Å². The van der Waals surface area contributed by atoms with Gasteiger partial charge in [0.1, 0.15) is 5.82 Å². The van der Waals surface area contributed by atoms with E-state index in [-0.39, 0.29) is 17.9 Å². The van der Waals surface area contributed by atoms with E-state index in [1.807, 2.05) is 44.0 Å². The molecule has 33 heavy (non-hydrogen) atoms. The van der Waals surface area contributed by atoms with Gasteiger partial charge in [-0.1, -0.05) is 30.3 Å². The van der Waals surface area contributed by atoms with Gasteiger partial charge in [-0.05, 0) is 38.7 Å². The second-order valence-electron chi connectivity index (χ2n) is 8.89. The second kappa shape index (κ2) is 8.42. The molecule has 2 aromatic heterocycles. The molecule has 0 unspecified atom stereocenters. The molecule has 5 rings (SSSR count). The zero-order valence-corrected chi connectivity index (χ0v) is 19.3. The molecule has 3 aromatic rings. The quantitative estimate of drug-likeness (QED) is 0.604. The third-order valence-electron chi connectivity index (χ3n) is 6.62. The molecule has 0 aliphatic carbocycles. The number of nitrogens with zero attached hydrogens (tertiary/aromatic N) is 6. The lowest BCUT2D eigenvalue weighted by atomic mass is 10.1. The summed E-state index contributed by atoms with van der Waals surface area (Å²) in [4.78, 5) is 39.4. The Bertz CT molecular complexity index is 1220. The van der Waals surface area contributed by atoms with Crippen molar-refractivity contribution in [3.8, 4) is 0 Å². The van der Waals surface area contributed by atoms with Crippen LogP contribution < -0.4 is 4.90 Å². The maximum Gasteiger partial charge on any atom is 0.257 e. The van der Waals surface area contributed by atoms with Crippen molar-refractivity contribution in [2.45, 2.75) is 45.6 Å². The molecule has 4 heterocycles. The summed E-state index contributed by atoms with van der Waals surface area (Å²) < 4.78 is 1.67. The van der Waals surface area contributed by atoms with E-state index in [2.05, 4.69) is 17.2 Å². The van der Waals surface area contributed by atoms with Crippen LogP contribution in [0.5, 0.6) is 0 Å². The normalized spacial score (nSPS) is 17.7. The molecule has 1 saturated heterocycles. The fourth-order valence-electron chi connectivity index (χ4n) is 4.90. The Morgan fingerprint density at radius 1 is 1.12 bits per heavy atom. The summed E-state index contributed by atoms with van der Waals surface area (Å²) in [7, 11) is 1.82. The van der Waals surface area contributed by atoms with Crippen LogP contribution in [0.15, 0.2) is 36.5 Å². The van der Waals surface area contributed by atoms with E-state index in [4.69, 9.17) is 9.97 Å². The van der Waals surface area contributed by atoms with Gasteiger partial charge in [0.05, 0.1) is 23.7 Å². The number of aryl methyl sites for hydroxylation is 3. The molecule has 2 aliphatic rings. The van der Waals surface area contributed by atoms with Gasteiger partial charge >= 0.3 is 0 Å². The Hall–Kier alpha value is -3.55. The Labute approximate surface area is 193 Å². The van der Waals surface area contributed by atoms with Crippen LogP contribution in [0.3, 0.4) is 0 Å². The molecule has 170 valence electrons. The number of amides is 2. The fourth-order valence-corrected chi connectivity index (χ4v) is 4.90. The molecule has 8 nitrogen and oxygen atoms in total. The summed E-state index contributed by atoms with van der Waals surface area (Å²) in [6.07, 6.45) is 4.57. The monoisotopic (exact) mass is 444 g/mol. The first-order chi connectivity index (χ1) is 15.9. The third-order valence-corrected chi connectivity index (χ3v) is 6.62. The Morgan fingerprint density at radius 2 is 1.91 bits per heavy atom. The zero-order chi connectivity index (χ0) is 23.1. The van der Waals surface area contributed by atoms with Gasteiger partial charge in [0, 0.05) is 37.6 Å². The van der Waals surface area contributed by atoms with Gasteiger partial charge in [-0.2, -0.15) is 5.10 Å². The second-order valence-corrected chi connectivity index (χ2v) is 8.89. The minimum atomic E-state index is -0.201. The van der Waals surface area contributed by atoms with Crippen molar-refractivity contribution in [2.24, 2.45) is 7.05 Å². The van der Waals surface area contributed by atoms with Crippen molar-refractivity contribution in [1.29, 1.82) is 0 Å². The van der Waals surface area contributed by atoms with E-state index < -0.39 is 0 Å². The first-order valence-corrected chi connectivity index (χ1v) is 11.5. The van der Waals surface area contributed by atoms with Crippen molar-refractivity contribution in [3.05, 3.63) is 70.4 Å². The lowest BCUT2D eigenvalue weighted by Gasteiger charge is -2.25. The molecule has 0 radical (unpaired) electrons. The molecule has 1 fully saturated rings. The lowest BCUT2D eigenvalue weighted by Crippen LogP contribution is -2.33. The average Bonchev–Trinajstić information content (AvgIpc) is 3.49. The van der Waals surface area contributed by atoms with Crippen LogP contribution in [0.4, 0.5) is 5.82 Å². The Kier molecular flexibility index (Phi) is 5.44. The number of anilines is 1. The number of aromatic nitrogens is 4. The highest BCUT2D eigenvalue weighted by atomic mass is 16.2. The molecule has 1 aromatic carbocycles. The maximum atomic E-state index is 13.3. The fraction of sp³-hybridized carbons (Fsp3) is 0.400. The maximum absolute atomic E-state index is 13.3. The van der Waals surface area contributed by atoms with E-state index >= 15 is 0 Å². The van der Waals surface area contributed by atoms with Gasteiger partial charge in [0.15, 0.2) is 5.82 Å². The van der Waals surface area contributed by atoms with E-state index in [1.165, 1.54) is 5.56 Å². The molecule has 0 saturated carbocycles. The standard InChI is InChI=1S/C25H28N6O2/c1-16-19-14-22(32)31(13-11-18-8-5-4-6-9-18)24(19)27-23(26-16)21-10-7-12-30(21)25(33)20-15-29(3)28-17(20)2/h4-6,8-9,15,21H,7,10-14H2,1-3H3/t21-/m1/s1. The van der Waals surface area contributed by atoms with E-state index in [1.54, 1.807) is 15.8 Å². The van der Waals surface area contributed by atoms with E-state index in [9.17, 15) is 9.59 Å². The largest absolute Gasteiger partial charge is 0.328 e. The van der Waals surface area contributed by atoms with Crippen molar-refractivity contribution in [3.63, 3.8) is 0 Å². The number of fused-ring (bicyclic) bond motifs is 1. The van der Waals surface area contributed by atoms with Crippen LogP contribution in [0.1, 0.15) is 57.6 Å². The Morgan fingerprint density at radius 3 is 2.64 bits per heavy atom. The molecule has 0 bridgehead atoms. The summed E-state index contributed by atoms with van der Waals surface area (Å²) in [5, 5.41) is 4.32. The SMILES string of the molecule is Cc1nn(C)cc1C(=O)N1CCC[C@@H]1c1nc(C)c2c(n1)N(CCc1ccccc1)C(=O)C2. The van der Waals surface area contributed by atoms with Gasteiger partial charge < -0.3 is 4.90 Å². The summed E-state index contributed by atoms with van der Waals surface area (Å²) in [5.41, 5.74) is 4.24. The van der Waals surface area contributed by atoms with Crippen molar-refractivity contribution < 1.29 is 9.59 Å². The molecule has 1 atom stereocenters. The first kappa shape index (κ1) is 21.3. The number of hydrogen-bond donors (Lipinski definition) is 0. The molecular weight excluding hydrogens is 416 g/mol. The molecule has 0 spiro atoms. The molecule has 2 aliphatic heterocycles. The number of carbonyl (C=O) groups is 2. The van der Waals surface area contributed by atoms with Gasteiger partial charge in [-0.15, -0.1) is 0 Å². The van der Waals surface area contributed by atoms with Crippen molar-refractivity contribution in [1.82, 2.24) is 24.6 Å². The first-order valence-electron chi connectivity index (χ1n) is 11.5. The third kappa shape index (κ3) is 3.90. The zero-order valence-electron chi connectivity index (χ0n) is 19.3. The molecular formula is C25H28N6O2. The van der Waals surface area contributed by atoms with Crippen LogP contribution in [-0.4, -0.2) is 49.6 Å². The Balaban J connectivity index is 1.43. The summed E-state index contributed by atoms with van der Waals surface area (Å²) in [6.45, 7) is 5.02. The summed E-state index contributed by atoms with van der Waals surface area (Å²) in [6, 6.07) is 9.95. The van der Waals surface area contributed by atoms with Crippen molar-refractivity contribution in [2.75, 3.05) is 18.0 Å². The highest BCUT2D eigenvalue weighted by molar-refractivity contribution is 6.00. The summed E-state index contributed by atoms with van der Waals surface area (Å²) >= 11 is 0. The van der Waals surface area contributed by atoms with Crippen LogP contribution in [-0.2, 0) is 24.7 Å². The highest BCUT2D eigenvalue weighted by Crippen LogP contribution is 2.36. The van der Waals surface area contributed by atoms with Crippen LogP contribution in [0.2, 0.25) is 0 Å². The van der Waals surface area contributed by atoms with Crippen LogP contribution in [0.25, 0.3) is 0 Å². The predicted octanol–water partition coefficient (Wildman–Crippen LogP) is 2.94. The lowest BCUT2D eigenvalue weighted by molar-refractivity contribution is -0.117. The number of hydrogen-bond acceptors (Lipinski definition) is 5. The van der Waals surface area contributed by atoms with E-state index in [0.29, 0.717) is 36.7 Å². The van der Waals surface area contributed by atoms with Gasteiger partial charge in [0.2, 0.25) is 5.91 Å². The van der Waals surface area contributed by atoms with Crippen LogP contribution >= 0.6 is 0 Å². The average molecular weight is 445 g/mol. The van der Waals surface area contributed by atoms with Gasteiger partial charge in [-0.3, -0.25) is 19.2 Å².